The molecule has 1 aliphatic rings. The summed E-state index contributed by atoms with van der Waals surface area (Å²) in [5.41, 5.74) is 5.73. The van der Waals surface area contributed by atoms with Crippen LogP contribution < -0.4 is 5.73 Å². The standard InChI is InChI=1S/C13H19FN2O2S/c1-13(10-15)6-8-16(9-7-13)19(17,18)12-4-2-11(14)3-5-12/h2-5H,6-10,15H2,1H3. The molecule has 1 aromatic carbocycles. The van der Waals surface area contributed by atoms with Gasteiger partial charge in [-0.05, 0) is 49.1 Å². The molecule has 1 saturated heterocycles. The fraction of sp³-hybridized carbons (Fsp3) is 0.538. The second-order valence-electron chi connectivity index (χ2n) is 5.37. The van der Waals surface area contributed by atoms with E-state index in [1.807, 2.05) is 0 Å². The van der Waals surface area contributed by atoms with E-state index in [-0.39, 0.29) is 10.3 Å². The number of rotatable bonds is 3. The van der Waals surface area contributed by atoms with Crippen LogP contribution in [-0.4, -0.2) is 32.4 Å². The van der Waals surface area contributed by atoms with Crippen LogP contribution in [0, 0.1) is 11.2 Å². The minimum atomic E-state index is -3.51. The number of nitrogens with zero attached hydrogens (tertiary/aromatic N) is 1. The molecule has 0 amide bonds. The molecule has 2 N–H and O–H groups in total. The van der Waals surface area contributed by atoms with Crippen LogP contribution in [0.2, 0.25) is 0 Å². The van der Waals surface area contributed by atoms with Gasteiger partial charge in [0.05, 0.1) is 4.90 Å². The first-order valence-electron chi connectivity index (χ1n) is 6.33. The van der Waals surface area contributed by atoms with Crippen molar-refractivity contribution in [3.63, 3.8) is 0 Å². The van der Waals surface area contributed by atoms with Crippen molar-refractivity contribution in [2.75, 3.05) is 19.6 Å². The van der Waals surface area contributed by atoms with Crippen LogP contribution in [0.3, 0.4) is 0 Å². The predicted molar refractivity (Wildman–Crippen MR) is 71.6 cm³/mol. The lowest BCUT2D eigenvalue weighted by atomic mass is 9.81. The summed E-state index contributed by atoms with van der Waals surface area (Å²) >= 11 is 0. The van der Waals surface area contributed by atoms with Gasteiger partial charge >= 0.3 is 0 Å². The highest BCUT2D eigenvalue weighted by Gasteiger charge is 2.34. The fourth-order valence-electron chi connectivity index (χ4n) is 2.23. The van der Waals surface area contributed by atoms with Gasteiger partial charge in [-0.15, -0.1) is 0 Å². The summed E-state index contributed by atoms with van der Waals surface area (Å²) in [6, 6.07) is 4.95. The number of hydrogen-bond acceptors (Lipinski definition) is 3. The smallest absolute Gasteiger partial charge is 0.243 e. The van der Waals surface area contributed by atoms with Crippen LogP contribution in [0.5, 0.6) is 0 Å². The molecule has 4 nitrogen and oxygen atoms in total. The third-order valence-electron chi connectivity index (χ3n) is 3.87. The number of hydrogen-bond donors (Lipinski definition) is 1. The van der Waals surface area contributed by atoms with Gasteiger partial charge in [-0.3, -0.25) is 0 Å². The van der Waals surface area contributed by atoms with Crippen molar-refractivity contribution in [1.29, 1.82) is 0 Å². The molecule has 0 bridgehead atoms. The second-order valence-corrected chi connectivity index (χ2v) is 7.31. The summed E-state index contributed by atoms with van der Waals surface area (Å²) in [6.45, 7) is 3.58. The van der Waals surface area contributed by atoms with Crippen LogP contribution in [0.15, 0.2) is 29.2 Å². The van der Waals surface area contributed by atoms with Gasteiger partial charge in [0.2, 0.25) is 10.0 Å². The molecule has 1 aliphatic heterocycles. The van der Waals surface area contributed by atoms with Gasteiger partial charge in [0.15, 0.2) is 0 Å². The zero-order valence-corrected chi connectivity index (χ0v) is 11.8. The van der Waals surface area contributed by atoms with Crippen molar-refractivity contribution < 1.29 is 12.8 Å². The monoisotopic (exact) mass is 286 g/mol. The van der Waals surface area contributed by atoms with Gasteiger partial charge < -0.3 is 5.73 Å². The summed E-state index contributed by atoms with van der Waals surface area (Å²) < 4.78 is 39.0. The van der Waals surface area contributed by atoms with Gasteiger partial charge in [-0.1, -0.05) is 6.92 Å². The highest BCUT2D eigenvalue weighted by atomic mass is 32.2. The largest absolute Gasteiger partial charge is 0.330 e. The van der Waals surface area contributed by atoms with Crippen LogP contribution in [0.25, 0.3) is 0 Å². The van der Waals surface area contributed by atoms with Crippen LogP contribution in [-0.2, 0) is 10.0 Å². The fourth-order valence-corrected chi connectivity index (χ4v) is 3.67. The first kappa shape index (κ1) is 14.4. The number of nitrogens with two attached hydrogens (primary N) is 1. The minimum absolute atomic E-state index is 0.0226. The first-order valence-corrected chi connectivity index (χ1v) is 7.77. The van der Waals surface area contributed by atoms with E-state index in [1.54, 1.807) is 0 Å². The Morgan fingerprint density at radius 2 is 1.79 bits per heavy atom. The normalized spacial score (nSPS) is 20.4. The van der Waals surface area contributed by atoms with E-state index in [4.69, 9.17) is 5.73 Å². The molecule has 0 aromatic heterocycles. The maximum Gasteiger partial charge on any atom is 0.243 e. The maximum absolute atomic E-state index is 12.8. The molecule has 1 fully saturated rings. The molecule has 0 unspecified atom stereocenters. The zero-order valence-electron chi connectivity index (χ0n) is 11.0. The van der Waals surface area contributed by atoms with E-state index < -0.39 is 15.8 Å². The van der Waals surface area contributed by atoms with Gasteiger partial charge in [0.25, 0.3) is 0 Å². The van der Waals surface area contributed by atoms with E-state index in [0.29, 0.717) is 19.6 Å². The van der Waals surface area contributed by atoms with Crippen LogP contribution in [0.1, 0.15) is 19.8 Å². The van der Waals surface area contributed by atoms with Crippen LogP contribution >= 0.6 is 0 Å². The summed E-state index contributed by atoms with van der Waals surface area (Å²) in [6.07, 6.45) is 1.51. The summed E-state index contributed by atoms with van der Waals surface area (Å²) in [4.78, 5) is 0.144. The van der Waals surface area contributed by atoms with Gasteiger partial charge in [-0.2, -0.15) is 4.31 Å². The Morgan fingerprint density at radius 3 is 2.26 bits per heavy atom. The van der Waals surface area contributed by atoms with E-state index in [0.717, 1.165) is 12.8 Å². The first-order chi connectivity index (χ1) is 8.87. The summed E-state index contributed by atoms with van der Waals surface area (Å²) in [5, 5.41) is 0. The second kappa shape index (κ2) is 5.19. The van der Waals surface area contributed by atoms with Crippen molar-refractivity contribution in [3.8, 4) is 0 Å². The third-order valence-corrected chi connectivity index (χ3v) is 5.79. The lowest BCUT2D eigenvalue weighted by Gasteiger charge is -2.37. The zero-order chi connectivity index (χ0) is 14.1. The molecular weight excluding hydrogens is 267 g/mol. The molecule has 2 rings (SSSR count). The molecule has 0 saturated carbocycles. The predicted octanol–water partition coefficient (Wildman–Crippen LogP) is 1.58. The van der Waals surface area contributed by atoms with Gasteiger partial charge in [-0.25, -0.2) is 12.8 Å². The quantitative estimate of drug-likeness (QED) is 0.917. The topological polar surface area (TPSA) is 63.4 Å². The van der Waals surface area contributed by atoms with Crippen molar-refractivity contribution in [2.45, 2.75) is 24.7 Å². The number of piperidine rings is 1. The molecule has 6 heteroatoms. The van der Waals surface area contributed by atoms with E-state index >= 15 is 0 Å². The summed E-state index contributed by atoms with van der Waals surface area (Å²) in [5.74, 6) is -0.437. The average Bonchev–Trinajstić information content (AvgIpc) is 2.40. The Bertz CT molecular complexity index is 534. The Morgan fingerprint density at radius 1 is 1.26 bits per heavy atom. The lowest BCUT2D eigenvalue weighted by Crippen LogP contribution is -2.44. The van der Waals surface area contributed by atoms with Crippen molar-refractivity contribution in [2.24, 2.45) is 11.1 Å². The van der Waals surface area contributed by atoms with Crippen molar-refractivity contribution >= 4 is 10.0 Å². The highest BCUT2D eigenvalue weighted by Crippen LogP contribution is 2.32. The molecule has 0 radical (unpaired) electrons. The average molecular weight is 286 g/mol. The minimum Gasteiger partial charge on any atom is -0.330 e. The number of benzene rings is 1. The molecule has 1 aromatic rings. The Balaban J connectivity index is 2.16. The van der Waals surface area contributed by atoms with Crippen molar-refractivity contribution in [1.82, 2.24) is 4.31 Å². The SMILES string of the molecule is CC1(CN)CCN(S(=O)(=O)c2ccc(F)cc2)CC1. The molecule has 0 atom stereocenters. The highest BCUT2D eigenvalue weighted by molar-refractivity contribution is 7.89. The number of halogens is 1. The molecule has 106 valence electrons. The Hall–Kier alpha value is -0.980. The lowest BCUT2D eigenvalue weighted by molar-refractivity contribution is 0.183. The third kappa shape index (κ3) is 2.96. The van der Waals surface area contributed by atoms with Gasteiger partial charge in [0, 0.05) is 13.1 Å². The molecule has 1 heterocycles. The molecule has 0 aliphatic carbocycles. The summed E-state index contributed by atoms with van der Waals surface area (Å²) in [7, 11) is -3.51. The maximum atomic E-state index is 12.8. The van der Waals surface area contributed by atoms with E-state index in [1.165, 1.54) is 28.6 Å². The molecule has 19 heavy (non-hydrogen) atoms. The van der Waals surface area contributed by atoms with Crippen LogP contribution in [0.4, 0.5) is 4.39 Å². The number of sulfonamides is 1. The molecule has 0 spiro atoms. The molecular formula is C13H19FN2O2S. The van der Waals surface area contributed by atoms with E-state index in [9.17, 15) is 12.8 Å². The van der Waals surface area contributed by atoms with E-state index in [2.05, 4.69) is 6.92 Å². The Labute approximate surface area is 113 Å². The Kier molecular flexibility index (Phi) is 3.94. The van der Waals surface area contributed by atoms with Gasteiger partial charge in [0.1, 0.15) is 5.82 Å². The van der Waals surface area contributed by atoms with Crippen molar-refractivity contribution in [3.05, 3.63) is 30.1 Å².